The monoisotopic (exact) mass is 284 g/mol. The van der Waals surface area contributed by atoms with Crippen molar-refractivity contribution in [3.8, 4) is 6.07 Å². The van der Waals surface area contributed by atoms with Gasteiger partial charge in [-0.05, 0) is 22.1 Å². The van der Waals surface area contributed by atoms with Gasteiger partial charge in [-0.2, -0.15) is 5.26 Å². The van der Waals surface area contributed by atoms with E-state index in [1.807, 2.05) is 18.2 Å². The smallest absolute Gasteiger partial charge is 0.165 e. The summed E-state index contributed by atoms with van der Waals surface area (Å²) >= 11 is 0. The number of rotatable bonds is 4. The van der Waals surface area contributed by atoms with E-state index in [4.69, 9.17) is 10.00 Å². The van der Waals surface area contributed by atoms with Crippen molar-refractivity contribution in [1.82, 2.24) is 25.1 Å². The number of nitriles is 1. The third-order valence-corrected chi connectivity index (χ3v) is 3.53. The molecule has 0 spiro atoms. The zero-order valence-electron chi connectivity index (χ0n) is 11.6. The molecule has 0 atom stereocenters. The van der Waals surface area contributed by atoms with E-state index < -0.39 is 0 Å². The van der Waals surface area contributed by atoms with Crippen LogP contribution in [-0.2, 0) is 17.8 Å². The fraction of sp³-hybridized carbons (Fsp3) is 0.429. The van der Waals surface area contributed by atoms with Crippen LogP contribution in [0.15, 0.2) is 24.3 Å². The zero-order valence-corrected chi connectivity index (χ0v) is 11.6. The Morgan fingerprint density at radius 3 is 2.81 bits per heavy atom. The first-order valence-electron chi connectivity index (χ1n) is 6.90. The van der Waals surface area contributed by atoms with Crippen LogP contribution in [-0.4, -0.2) is 51.4 Å². The van der Waals surface area contributed by atoms with E-state index in [0.29, 0.717) is 18.7 Å². The molecule has 108 valence electrons. The second-order valence-electron chi connectivity index (χ2n) is 4.91. The second kappa shape index (κ2) is 6.43. The quantitative estimate of drug-likeness (QED) is 0.810. The Labute approximate surface area is 122 Å². The van der Waals surface area contributed by atoms with Crippen molar-refractivity contribution < 1.29 is 4.74 Å². The van der Waals surface area contributed by atoms with Gasteiger partial charge in [0.1, 0.15) is 0 Å². The summed E-state index contributed by atoms with van der Waals surface area (Å²) in [6, 6.07) is 9.71. The molecule has 0 saturated carbocycles. The van der Waals surface area contributed by atoms with Crippen LogP contribution in [0, 0.1) is 11.3 Å². The van der Waals surface area contributed by atoms with Gasteiger partial charge in [0.15, 0.2) is 5.82 Å². The van der Waals surface area contributed by atoms with E-state index in [-0.39, 0.29) is 0 Å². The van der Waals surface area contributed by atoms with Crippen molar-refractivity contribution >= 4 is 0 Å². The van der Waals surface area contributed by atoms with Crippen LogP contribution in [0.5, 0.6) is 0 Å². The van der Waals surface area contributed by atoms with Gasteiger partial charge in [0.25, 0.3) is 0 Å². The Balaban J connectivity index is 1.74. The molecule has 1 aliphatic heterocycles. The van der Waals surface area contributed by atoms with Gasteiger partial charge < -0.3 is 4.74 Å². The molecule has 0 aliphatic carbocycles. The molecule has 7 heteroatoms. The van der Waals surface area contributed by atoms with Crippen LogP contribution in [0.4, 0.5) is 0 Å². The van der Waals surface area contributed by atoms with Gasteiger partial charge in [0, 0.05) is 13.1 Å². The Bertz CT molecular complexity index is 641. The van der Waals surface area contributed by atoms with Crippen molar-refractivity contribution in [3.05, 3.63) is 41.2 Å². The number of aromatic nitrogens is 4. The molecule has 2 aromatic rings. The lowest BCUT2D eigenvalue weighted by atomic mass is 10.1. The van der Waals surface area contributed by atoms with Crippen molar-refractivity contribution in [2.45, 2.75) is 13.1 Å². The summed E-state index contributed by atoms with van der Waals surface area (Å²) in [4.78, 5) is 2.27. The van der Waals surface area contributed by atoms with E-state index in [1.54, 1.807) is 10.7 Å². The molecule has 21 heavy (non-hydrogen) atoms. The standard InChI is InChI=1S/C14H16N6O/c15-9-12-3-1-2-4-13(12)10-20-14(16-17-18-20)11-19-5-7-21-8-6-19/h1-4H,5-8,10-11H2. The third kappa shape index (κ3) is 3.24. The number of nitrogens with zero attached hydrogens (tertiary/aromatic N) is 6. The highest BCUT2D eigenvalue weighted by Gasteiger charge is 2.15. The van der Waals surface area contributed by atoms with Crippen LogP contribution in [0.25, 0.3) is 0 Å². The summed E-state index contributed by atoms with van der Waals surface area (Å²) in [7, 11) is 0. The highest BCUT2D eigenvalue weighted by Crippen LogP contribution is 2.11. The number of ether oxygens (including phenoxy) is 1. The van der Waals surface area contributed by atoms with Crippen LogP contribution < -0.4 is 0 Å². The number of hydrogen-bond donors (Lipinski definition) is 0. The Kier molecular flexibility index (Phi) is 4.19. The minimum Gasteiger partial charge on any atom is -0.379 e. The van der Waals surface area contributed by atoms with Crippen molar-refractivity contribution in [2.75, 3.05) is 26.3 Å². The molecule has 1 aliphatic rings. The molecule has 1 fully saturated rings. The van der Waals surface area contributed by atoms with E-state index >= 15 is 0 Å². The maximum atomic E-state index is 9.14. The molecule has 0 N–H and O–H groups in total. The SMILES string of the molecule is N#Cc1ccccc1Cn1nnnc1CN1CCOCC1. The summed E-state index contributed by atoms with van der Waals surface area (Å²) in [6.45, 7) is 4.49. The molecule has 0 bridgehead atoms. The molecule has 1 saturated heterocycles. The van der Waals surface area contributed by atoms with Crippen molar-refractivity contribution in [1.29, 1.82) is 5.26 Å². The highest BCUT2D eigenvalue weighted by atomic mass is 16.5. The molecule has 0 radical (unpaired) electrons. The van der Waals surface area contributed by atoms with Crippen molar-refractivity contribution in [3.63, 3.8) is 0 Å². The molecule has 0 unspecified atom stereocenters. The Hall–Kier alpha value is -2.30. The number of benzene rings is 1. The fourth-order valence-corrected chi connectivity index (χ4v) is 2.35. The average Bonchev–Trinajstić information content (AvgIpc) is 2.96. The van der Waals surface area contributed by atoms with Gasteiger partial charge in [-0.1, -0.05) is 18.2 Å². The van der Waals surface area contributed by atoms with Gasteiger partial charge in [-0.3, -0.25) is 4.90 Å². The van der Waals surface area contributed by atoms with Gasteiger partial charge >= 0.3 is 0 Å². The second-order valence-corrected chi connectivity index (χ2v) is 4.91. The van der Waals surface area contributed by atoms with E-state index in [0.717, 1.165) is 37.7 Å². The first-order valence-corrected chi connectivity index (χ1v) is 6.90. The van der Waals surface area contributed by atoms with Gasteiger partial charge in [-0.15, -0.1) is 5.10 Å². The van der Waals surface area contributed by atoms with Gasteiger partial charge in [0.2, 0.25) is 0 Å². The van der Waals surface area contributed by atoms with Gasteiger partial charge in [0.05, 0.1) is 37.9 Å². The summed E-state index contributed by atoms with van der Waals surface area (Å²) in [5.74, 6) is 0.810. The topological polar surface area (TPSA) is 79.9 Å². The molecular weight excluding hydrogens is 268 g/mol. The first kappa shape index (κ1) is 13.7. The minimum absolute atomic E-state index is 0.510. The summed E-state index contributed by atoms with van der Waals surface area (Å²) < 4.78 is 7.09. The largest absolute Gasteiger partial charge is 0.379 e. The lowest BCUT2D eigenvalue weighted by Gasteiger charge is -2.25. The van der Waals surface area contributed by atoms with Crippen LogP contribution in [0.3, 0.4) is 0 Å². The zero-order chi connectivity index (χ0) is 14.5. The van der Waals surface area contributed by atoms with Crippen molar-refractivity contribution in [2.24, 2.45) is 0 Å². The number of morpholine rings is 1. The summed E-state index contributed by atoms with van der Waals surface area (Å²) in [5, 5.41) is 21.0. The molecule has 1 aromatic carbocycles. The summed E-state index contributed by atoms with van der Waals surface area (Å²) in [5.41, 5.74) is 1.58. The summed E-state index contributed by atoms with van der Waals surface area (Å²) in [6.07, 6.45) is 0. The Morgan fingerprint density at radius 1 is 1.19 bits per heavy atom. The molecule has 1 aromatic heterocycles. The highest BCUT2D eigenvalue weighted by molar-refractivity contribution is 5.37. The normalized spacial score (nSPS) is 15.8. The molecule has 0 amide bonds. The van der Waals surface area contributed by atoms with Crippen LogP contribution >= 0.6 is 0 Å². The van der Waals surface area contributed by atoms with Gasteiger partial charge in [-0.25, -0.2) is 4.68 Å². The Morgan fingerprint density at radius 2 is 2.00 bits per heavy atom. The van der Waals surface area contributed by atoms with Crippen LogP contribution in [0.2, 0.25) is 0 Å². The van der Waals surface area contributed by atoms with E-state index in [2.05, 4.69) is 26.5 Å². The predicted molar refractivity (Wildman–Crippen MR) is 74.2 cm³/mol. The third-order valence-electron chi connectivity index (χ3n) is 3.53. The maximum absolute atomic E-state index is 9.14. The molecule has 7 nitrogen and oxygen atoms in total. The minimum atomic E-state index is 0.510. The molecule has 3 rings (SSSR count). The average molecular weight is 284 g/mol. The lowest BCUT2D eigenvalue weighted by Crippen LogP contribution is -2.36. The van der Waals surface area contributed by atoms with Crippen LogP contribution in [0.1, 0.15) is 17.0 Å². The fourth-order valence-electron chi connectivity index (χ4n) is 2.35. The first-order chi connectivity index (χ1) is 10.4. The maximum Gasteiger partial charge on any atom is 0.165 e. The molecule has 2 heterocycles. The number of tetrazole rings is 1. The number of hydrogen-bond acceptors (Lipinski definition) is 6. The van der Waals surface area contributed by atoms with E-state index in [9.17, 15) is 0 Å². The molecular formula is C14H16N6O. The predicted octanol–water partition coefficient (Wildman–Crippen LogP) is 0.425. The lowest BCUT2D eigenvalue weighted by molar-refractivity contribution is 0.0325. The van der Waals surface area contributed by atoms with E-state index in [1.165, 1.54) is 0 Å².